The molecule has 0 rings (SSSR count). The van der Waals surface area contributed by atoms with E-state index in [-0.39, 0.29) is 29.9 Å². The summed E-state index contributed by atoms with van der Waals surface area (Å²) in [5.41, 5.74) is 0. The predicted molar refractivity (Wildman–Crippen MR) is 106 cm³/mol. The van der Waals surface area contributed by atoms with Gasteiger partial charge in [-0.05, 0) is 32.6 Å². The van der Waals surface area contributed by atoms with E-state index in [4.69, 9.17) is 9.47 Å². The lowest BCUT2D eigenvalue weighted by atomic mass is 10.1. The van der Waals surface area contributed by atoms with Gasteiger partial charge in [0.2, 0.25) is 0 Å². The molecule has 2 N–H and O–H groups in total. The molecule has 0 atom stereocenters. The highest BCUT2D eigenvalue weighted by atomic mass is 127. The highest BCUT2D eigenvalue weighted by Crippen LogP contribution is 1.98. The average Bonchev–Trinajstić information content (AvgIpc) is 2.47. The van der Waals surface area contributed by atoms with Crippen LogP contribution in [0.2, 0.25) is 0 Å². The van der Waals surface area contributed by atoms with Crippen LogP contribution in [0.25, 0.3) is 0 Å². The van der Waals surface area contributed by atoms with Crippen LogP contribution in [0.15, 0.2) is 4.99 Å². The zero-order valence-corrected chi connectivity index (χ0v) is 17.4. The molecule has 0 spiro atoms. The van der Waals surface area contributed by atoms with Crippen molar-refractivity contribution in [2.75, 3.05) is 39.5 Å². The quantitative estimate of drug-likeness (QED) is 0.160. The molecule has 0 aromatic heterocycles. The fraction of sp³-hybridized carbons (Fsp3) is 0.875. The van der Waals surface area contributed by atoms with Crippen LogP contribution in [0.1, 0.15) is 47.0 Å². The number of hydrogen-bond acceptors (Lipinski definition) is 4. The summed E-state index contributed by atoms with van der Waals surface area (Å²) >= 11 is 0. The number of hydrogen-bond donors (Lipinski definition) is 2. The number of rotatable bonds is 12. The third-order valence-electron chi connectivity index (χ3n) is 2.84. The Morgan fingerprint density at radius 1 is 1.17 bits per heavy atom. The van der Waals surface area contributed by atoms with Gasteiger partial charge in [-0.3, -0.25) is 9.79 Å². The van der Waals surface area contributed by atoms with Crippen molar-refractivity contribution in [2.24, 2.45) is 10.9 Å². The Bertz CT molecular complexity index is 313. The maximum Gasteiger partial charge on any atom is 0.305 e. The Balaban J connectivity index is 0. The molecule has 0 aliphatic heterocycles. The third-order valence-corrected chi connectivity index (χ3v) is 2.84. The van der Waals surface area contributed by atoms with Gasteiger partial charge in [-0.2, -0.15) is 0 Å². The Kier molecular flexibility index (Phi) is 19.1. The van der Waals surface area contributed by atoms with Crippen molar-refractivity contribution in [3.05, 3.63) is 0 Å². The number of ether oxygens (including phenoxy) is 2. The van der Waals surface area contributed by atoms with Gasteiger partial charge in [0, 0.05) is 32.7 Å². The van der Waals surface area contributed by atoms with Gasteiger partial charge >= 0.3 is 5.97 Å². The molecule has 0 radical (unpaired) electrons. The maximum absolute atomic E-state index is 11.2. The molecule has 0 aromatic carbocycles. The van der Waals surface area contributed by atoms with E-state index in [1.165, 1.54) is 0 Å². The number of carbonyl (C=O) groups is 1. The third kappa shape index (κ3) is 17.6. The Morgan fingerprint density at radius 2 is 1.91 bits per heavy atom. The smallest absolute Gasteiger partial charge is 0.305 e. The molecule has 6 nitrogen and oxygen atoms in total. The number of nitrogens with zero attached hydrogens (tertiary/aromatic N) is 1. The first-order valence-corrected chi connectivity index (χ1v) is 8.35. The van der Waals surface area contributed by atoms with Gasteiger partial charge in [-0.15, -0.1) is 24.0 Å². The minimum absolute atomic E-state index is 0. The molecular weight excluding hydrogens is 409 g/mol. The van der Waals surface area contributed by atoms with Crippen LogP contribution >= 0.6 is 24.0 Å². The minimum Gasteiger partial charge on any atom is -0.466 e. The van der Waals surface area contributed by atoms with Crippen LogP contribution in [0.4, 0.5) is 0 Å². The molecule has 0 aliphatic rings. The van der Waals surface area contributed by atoms with E-state index in [0.717, 1.165) is 32.1 Å². The fourth-order valence-corrected chi connectivity index (χ4v) is 1.65. The maximum atomic E-state index is 11.2. The van der Waals surface area contributed by atoms with Crippen LogP contribution in [0, 0.1) is 5.92 Å². The van der Waals surface area contributed by atoms with E-state index in [2.05, 4.69) is 29.5 Å². The molecule has 0 amide bonds. The fourth-order valence-electron chi connectivity index (χ4n) is 1.65. The lowest BCUT2D eigenvalue weighted by Crippen LogP contribution is -2.39. The zero-order valence-electron chi connectivity index (χ0n) is 15.0. The Labute approximate surface area is 158 Å². The molecular formula is C16H34IN3O3. The molecule has 0 saturated heterocycles. The number of aliphatic imine (C=N–C) groups is 1. The van der Waals surface area contributed by atoms with Crippen molar-refractivity contribution in [3.8, 4) is 0 Å². The minimum atomic E-state index is -0.158. The first-order valence-electron chi connectivity index (χ1n) is 8.35. The molecule has 138 valence electrons. The topological polar surface area (TPSA) is 72.0 Å². The van der Waals surface area contributed by atoms with Crippen molar-refractivity contribution in [1.29, 1.82) is 0 Å². The van der Waals surface area contributed by atoms with Crippen molar-refractivity contribution in [1.82, 2.24) is 10.6 Å². The number of nitrogens with one attached hydrogen (secondary N) is 2. The molecule has 23 heavy (non-hydrogen) atoms. The summed E-state index contributed by atoms with van der Waals surface area (Å²) in [5.74, 6) is 1.28. The summed E-state index contributed by atoms with van der Waals surface area (Å²) in [6, 6.07) is 0. The second-order valence-electron chi connectivity index (χ2n) is 5.39. The Morgan fingerprint density at radius 3 is 2.52 bits per heavy atom. The van der Waals surface area contributed by atoms with Crippen LogP contribution in [-0.2, 0) is 14.3 Å². The van der Waals surface area contributed by atoms with Gasteiger partial charge < -0.3 is 20.1 Å². The molecule has 0 unspecified atom stereocenters. The molecule has 0 bridgehead atoms. The van der Waals surface area contributed by atoms with E-state index in [9.17, 15) is 4.79 Å². The number of halogens is 1. The molecule has 0 saturated carbocycles. The highest BCUT2D eigenvalue weighted by Gasteiger charge is 2.01. The van der Waals surface area contributed by atoms with Crippen molar-refractivity contribution in [3.63, 3.8) is 0 Å². The van der Waals surface area contributed by atoms with E-state index in [1.54, 1.807) is 0 Å². The normalized spacial score (nSPS) is 11.1. The van der Waals surface area contributed by atoms with Gasteiger partial charge in [0.1, 0.15) is 0 Å². The van der Waals surface area contributed by atoms with Gasteiger partial charge in [-0.1, -0.05) is 13.8 Å². The molecule has 0 aromatic rings. The first kappa shape index (κ1) is 24.7. The van der Waals surface area contributed by atoms with Gasteiger partial charge in [0.15, 0.2) is 5.96 Å². The number of guanidine groups is 1. The van der Waals surface area contributed by atoms with E-state index >= 15 is 0 Å². The van der Waals surface area contributed by atoms with E-state index < -0.39 is 0 Å². The van der Waals surface area contributed by atoms with Crippen molar-refractivity contribution >= 4 is 35.9 Å². The van der Waals surface area contributed by atoms with Crippen LogP contribution in [0.3, 0.4) is 0 Å². The largest absolute Gasteiger partial charge is 0.466 e. The van der Waals surface area contributed by atoms with Crippen LogP contribution < -0.4 is 10.6 Å². The van der Waals surface area contributed by atoms with Crippen molar-refractivity contribution < 1.29 is 14.3 Å². The molecule has 7 heteroatoms. The van der Waals surface area contributed by atoms with Gasteiger partial charge in [0.05, 0.1) is 13.2 Å². The lowest BCUT2D eigenvalue weighted by molar-refractivity contribution is -0.143. The zero-order chi connectivity index (χ0) is 16.6. The van der Waals surface area contributed by atoms with E-state index in [1.807, 2.05) is 13.8 Å². The first-order chi connectivity index (χ1) is 10.6. The Hall–Kier alpha value is -0.570. The molecule has 0 aliphatic carbocycles. The summed E-state index contributed by atoms with van der Waals surface area (Å²) in [5, 5.41) is 6.39. The predicted octanol–water partition coefficient (Wildman–Crippen LogP) is 2.57. The SMILES string of the molecule is CCNC(=NCCCC(=O)OCC)NCCOCCC(C)C.I. The summed E-state index contributed by atoms with van der Waals surface area (Å²) in [6.07, 6.45) is 2.19. The van der Waals surface area contributed by atoms with Gasteiger partial charge in [-0.25, -0.2) is 0 Å². The monoisotopic (exact) mass is 443 g/mol. The standard InChI is InChI=1S/C16H33N3O3.HI/c1-5-17-16(18-10-7-8-15(20)22-6-2)19-11-13-21-12-9-14(3)4;/h14H,5-13H2,1-4H3,(H2,17,18,19);1H. The summed E-state index contributed by atoms with van der Waals surface area (Å²) in [4.78, 5) is 15.6. The van der Waals surface area contributed by atoms with Crippen LogP contribution in [-0.4, -0.2) is 51.4 Å². The summed E-state index contributed by atoms with van der Waals surface area (Å²) in [7, 11) is 0. The summed E-state index contributed by atoms with van der Waals surface area (Å²) < 4.78 is 10.4. The molecule has 0 heterocycles. The summed E-state index contributed by atoms with van der Waals surface area (Å²) in [6.45, 7) is 12.2. The second kappa shape index (κ2) is 17.8. The average molecular weight is 443 g/mol. The lowest BCUT2D eigenvalue weighted by Gasteiger charge is -2.12. The van der Waals surface area contributed by atoms with E-state index in [0.29, 0.717) is 38.5 Å². The second-order valence-corrected chi connectivity index (χ2v) is 5.39. The van der Waals surface area contributed by atoms with Gasteiger partial charge in [0.25, 0.3) is 0 Å². The molecule has 0 fully saturated rings. The van der Waals surface area contributed by atoms with Crippen molar-refractivity contribution in [2.45, 2.75) is 47.0 Å². The number of esters is 1. The number of carbonyl (C=O) groups excluding carboxylic acids is 1. The highest BCUT2D eigenvalue weighted by molar-refractivity contribution is 14.0. The van der Waals surface area contributed by atoms with Crippen LogP contribution in [0.5, 0.6) is 0 Å².